The Morgan fingerprint density at radius 3 is 2.52 bits per heavy atom. The van der Waals surface area contributed by atoms with Crippen LogP contribution in [0.4, 0.5) is 17.6 Å². The molecule has 0 bridgehead atoms. The summed E-state index contributed by atoms with van der Waals surface area (Å²) in [6, 6.07) is 11.7. The van der Waals surface area contributed by atoms with E-state index in [0.717, 1.165) is 37.2 Å². The molecule has 0 spiro atoms. The van der Waals surface area contributed by atoms with Crippen molar-refractivity contribution in [2.24, 2.45) is 5.92 Å². The fraction of sp³-hybridized carbons (Fsp3) is 0.400. The van der Waals surface area contributed by atoms with Gasteiger partial charge in [0.05, 0.1) is 18.8 Å². The molecule has 1 N–H and O–H groups in total. The van der Waals surface area contributed by atoms with Crippen molar-refractivity contribution in [3.63, 3.8) is 0 Å². The molecule has 1 aliphatic rings. The van der Waals surface area contributed by atoms with E-state index < -0.39 is 11.7 Å². The summed E-state index contributed by atoms with van der Waals surface area (Å²) in [5.74, 6) is 0.179. The minimum absolute atomic E-state index is 0. The normalized spacial score (nSPS) is 20.1. The zero-order valence-corrected chi connectivity index (χ0v) is 15.5. The summed E-state index contributed by atoms with van der Waals surface area (Å²) in [6.45, 7) is 2.22. The number of alkyl halides is 3. The fourth-order valence-corrected chi connectivity index (χ4v) is 3.41. The molecule has 0 amide bonds. The Morgan fingerprint density at radius 2 is 1.81 bits per heavy atom. The van der Waals surface area contributed by atoms with Crippen LogP contribution >= 0.6 is 12.4 Å². The van der Waals surface area contributed by atoms with E-state index in [9.17, 15) is 17.6 Å². The molecule has 7 heteroatoms. The highest BCUT2D eigenvalue weighted by molar-refractivity contribution is 5.85. The summed E-state index contributed by atoms with van der Waals surface area (Å²) < 4.78 is 57.2. The van der Waals surface area contributed by atoms with Crippen LogP contribution in [-0.4, -0.2) is 19.7 Å². The van der Waals surface area contributed by atoms with E-state index in [0.29, 0.717) is 12.2 Å². The lowest BCUT2D eigenvalue weighted by Gasteiger charge is -2.32. The van der Waals surface area contributed by atoms with Crippen LogP contribution in [0.1, 0.15) is 29.0 Å². The third-order valence-corrected chi connectivity index (χ3v) is 4.76. The van der Waals surface area contributed by atoms with Crippen molar-refractivity contribution >= 4 is 12.4 Å². The molecular formula is C20H22ClF4NO. The van der Waals surface area contributed by atoms with Gasteiger partial charge >= 0.3 is 6.18 Å². The summed E-state index contributed by atoms with van der Waals surface area (Å²) in [6.07, 6.45) is -3.43. The standard InChI is InChI=1S/C20H21F4NO.ClH/c21-18-6-4-15(5-7-18)19-8-9-25-11-16(19)13-26-12-14-2-1-3-17(10-14)20(22,23)24;/h1-7,10,16,19,25H,8-9,11-13H2;1H. The van der Waals surface area contributed by atoms with Crippen LogP contribution in [0.3, 0.4) is 0 Å². The first-order valence-corrected chi connectivity index (χ1v) is 8.63. The van der Waals surface area contributed by atoms with E-state index in [1.807, 2.05) is 0 Å². The summed E-state index contributed by atoms with van der Waals surface area (Å²) in [7, 11) is 0. The maximum atomic E-state index is 13.1. The summed E-state index contributed by atoms with van der Waals surface area (Å²) >= 11 is 0. The average molecular weight is 404 g/mol. The third-order valence-electron chi connectivity index (χ3n) is 4.76. The molecule has 148 valence electrons. The van der Waals surface area contributed by atoms with Gasteiger partial charge in [-0.05, 0) is 54.3 Å². The first-order chi connectivity index (χ1) is 12.4. The molecule has 1 aliphatic heterocycles. The number of benzene rings is 2. The Bertz CT molecular complexity index is 721. The largest absolute Gasteiger partial charge is 0.416 e. The predicted octanol–water partition coefficient (Wildman–Crippen LogP) is 5.18. The molecule has 2 nitrogen and oxygen atoms in total. The van der Waals surface area contributed by atoms with Crippen molar-refractivity contribution in [2.45, 2.75) is 25.1 Å². The van der Waals surface area contributed by atoms with Crippen LogP contribution in [0.5, 0.6) is 0 Å². The van der Waals surface area contributed by atoms with Crippen molar-refractivity contribution in [1.29, 1.82) is 0 Å². The van der Waals surface area contributed by atoms with Gasteiger partial charge in [-0.15, -0.1) is 12.4 Å². The van der Waals surface area contributed by atoms with Gasteiger partial charge in [-0.2, -0.15) is 13.2 Å². The zero-order valence-electron chi connectivity index (χ0n) is 14.6. The topological polar surface area (TPSA) is 21.3 Å². The SMILES string of the molecule is Cl.Fc1ccc(C2CCNCC2COCc2cccc(C(F)(F)F)c2)cc1. The van der Waals surface area contributed by atoms with E-state index in [1.165, 1.54) is 18.2 Å². The molecule has 2 atom stereocenters. The Morgan fingerprint density at radius 1 is 1.07 bits per heavy atom. The van der Waals surface area contributed by atoms with Crippen molar-refractivity contribution in [1.82, 2.24) is 5.32 Å². The maximum absolute atomic E-state index is 13.1. The molecule has 0 radical (unpaired) electrons. The fourth-order valence-electron chi connectivity index (χ4n) is 3.41. The smallest absolute Gasteiger partial charge is 0.376 e. The Kier molecular flexibility index (Phi) is 7.65. The van der Waals surface area contributed by atoms with Gasteiger partial charge in [0, 0.05) is 12.5 Å². The van der Waals surface area contributed by atoms with Gasteiger partial charge in [0.15, 0.2) is 0 Å². The molecule has 0 aliphatic carbocycles. The Labute approximate surface area is 162 Å². The highest BCUT2D eigenvalue weighted by atomic mass is 35.5. The molecular weight excluding hydrogens is 382 g/mol. The maximum Gasteiger partial charge on any atom is 0.416 e. The minimum atomic E-state index is -4.35. The second-order valence-electron chi connectivity index (χ2n) is 6.62. The van der Waals surface area contributed by atoms with Crippen LogP contribution in [0.25, 0.3) is 0 Å². The highest BCUT2D eigenvalue weighted by Gasteiger charge is 2.30. The second-order valence-corrected chi connectivity index (χ2v) is 6.62. The molecule has 1 heterocycles. The monoisotopic (exact) mass is 403 g/mol. The van der Waals surface area contributed by atoms with Gasteiger partial charge in [-0.25, -0.2) is 4.39 Å². The van der Waals surface area contributed by atoms with Crippen LogP contribution in [0, 0.1) is 11.7 Å². The second kappa shape index (κ2) is 9.53. The van der Waals surface area contributed by atoms with E-state index >= 15 is 0 Å². The van der Waals surface area contributed by atoms with Gasteiger partial charge < -0.3 is 10.1 Å². The first-order valence-electron chi connectivity index (χ1n) is 8.63. The summed E-state index contributed by atoms with van der Waals surface area (Å²) in [5.41, 5.74) is 0.907. The van der Waals surface area contributed by atoms with Crippen molar-refractivity contribution in [3.8, 4) is 0 Å². The molecule has 0 aromatic heterocycles. The van der Waals surface area contributed by atoms with E-state index in [2.05, 4.69) is 5.32 Å². The van der Waals surface area contributed by atoms with Crippen LogP contribution < -0.4 is 5.32 Å². The first kappa shape index (κ1) is 21.7. The summed E-state index contributed by atoms with van der Waals surface area (Å²) in [5, 5.41) is 3.32. The lowest BCUT2D eigenvalue weighted by molar-refractivity contribution is -0.137. The van der Waals surface area contributed by atoms with Crippen LogP contribution in [0.15, 0.2) is 48.5 Å². The molecule has 1 saturated heterocycles. The average Bonchev–Trinajstić information content (AvgIpc) is 2.62. The molecule has 27 heavy (non-hydrogen) atoms. The van der Waals surface area contributed by atoms with E-state index in [4.69, 9.17) is 4.74 Å². The number of rotatable bonds is 5. The summed E-state index contributed by atoms with van der Waals surface area (Å²) in [4.78, 5) is 0. The van der Waals surface area contributed by atoms with Gasteiger partial charge in [-0.3, -0.25) is 0 Å². The number of ether oxygens (including phenoxy) is 1. The quantitative estimate of drug-likeness (QED) is 0.695. The number of hydrogen-bond acceptors (Lipinski definition) is 2. The zero-order chi connectivity index (χ0) is 18.6. The van der Waals surface area contributed by atoms with Gasteiger partial charge in [0.1, 0.15) is 5.82 Å². The number of nitrogens with one attached hydrogen (secondary N) is 1. The van der Waals surface area contributed by atoms with Gasteiger partial charge in [0.2, 0.25) is 0 Å². The molecule has 2 aromatic rings. The molecule has 0 saturated carbocycles. The molecule has 1 fully saturated rings. The molecule has 2 aromatic carbocycles. The number of hydrogen-bond donors (Lipinski definition) is 1. The lowest BCUT2D eigenvalue weighted by atomic mass is 9.81. The number of halogens is 5. The van der Waals surface area contributed by atoms with Crippen LogP contribution in [0.2, 0.25) is 0 Å². The van der Waals surface area contributed by atoms with Gasteiger partial charge in [0.25, 0.3) is 0 Å². The Hall–Kier alpha value is -1.63. The number of piperidine rings is 1. The van der Waals surface area contributed by atoms with Crippen molar-refractivity contribution in [3.05, 3.63) is 71.0 Å². The van der Waals surface area contributed by atoms with Crippen molar-refractivity contribution in [2.75, 3.05) is 19.7 Å². The lowest BCUT2D eigenvalue weighted by Crippen LogP contribution is -2.37. The molecule has 2 unspecified atom stereocenters. The van der Waals surface area contributed by atoms with E-state index in [-0.39, 0.29) is 36.7 Å². The minimum Gasteiger partial charge on any atom is -0.376 e. The van der Waals surface area contributed by atoms with Crippen molar-refractivity contribution < 1.29 is 22.3 Å². The Balaban J connectivity index is 0.00000261. The highest BCUT2D eigenvalue weighted by Crippen LogP contribution is 2.32. The van der Waals surface area contributed by atoms with E-state index in [1.54, 1.807) is 18.2 Å². The van der Waals surface area contributed by atoms with Crippen LogP contribution in [-0.2, 0) is 17.5 Å². The molecule has 3 rings (SSSR count). The predicted molar refractivity (Wildman–Crippen MR) is 98.5 cm³/mol. The third kappa shape index (κ3) is 5.92. The van der Waals surface area contributed by atoms with Gasteiger partial charge in [-0.1, -0.05) is 24.3 Å².